The zero-order valence-corrected chi connectivity index (χ0v) is 12.1. The van der Waals surface area contributed by atoms with Crippen LogP contribution in [0, 0.1) is 5.82 Å². The van der Waals surface area contributed by atoms with Crippen LogP contribution in [0.4, 0.5) is 4.39 Å². The van der Waals surface area contributed by atoms with Crippen molar-refractivity contribution in [2.75, 3.05) is 7.11 Å². The minimum atomic E-state index is -0.760. The molecule has 2 aromatic rings. The van der Waals surface area contributed by atoms with E-state index in [2.05, 4.69) is 0 Å². The molecule has 2 aromatic carbocycles. The number of rotatable bonds is 2. The largest absolute Gasteiger partial charge is 0.497 e. The molecule has 3 rings (SSSR count). The maximum Gasteiger partial charge on any atom is 0.131 e. The number of hydrogen-bond acceptors (Lipinski definition) is 3. The van der Waals surface area contributed by atoms with Crippen LogP contribution < -0.4 is 9.47 Å². The van der Waals surface area contributed by atoms with E-state index >= 15 is 0 Å². The maximum atomic E-state index is 14.0. The Balaban J connectivity index is 1.99. The quantitative estimate of drug-likeness (QED) is 0.910. The summed E-state index contributed by atoms with van der Waals surface area (Å²) in [6, 6.07) is 9.65. The van der Waals surface area contributed by atoms with Gasteiger partial charge in [-0.3, -0.25) is 0 Å². The third kappa shape index (κ3) is 2.57. The van der Waals surface area contributed by atoms with Crippen molar-refractivity contribution in [1.29, 1.82) is 0 Å². The Morgan fingerprint density at radius 3 is 2.86 bits per heavy atom. The van der Waals surface area contributed by atoms with Gasteiger partial charge in [-0.1, -0.05) is 17.7 Å². The molecule has 0 bridgehead atoms. The predicted octanol–water partition coefficient (Wildman–Crippen LogP) is 4.04. The van der Waals surface area contributed by atoms with Gasteiger partial charge in [0.1, 0.15) is 23.4 Å². The van der Waals surface area contributed by atoms with Crippen molar-refractivity contribution in [2.24, 2.45) is 0 Å². The highest BCUT2D eigenvalue weighted by Gasteiger charge is 2.31. The summed E-state index contributed by atoms with van der Waals surface area (Å²) in [4.78, 5) is 0. The first kappa shape index (κ1) is 14.2. The standard InChI is InChI=1S/C16H14ClFO3/c1-20-9-5-6-14-10(7-9)13(19)8-15(21-14)16-11(17)3-2-4-12(16)18/h2-7,13,15,19H,8H2,1H3/t13-,15?/m1/s1. The van der Waals surface area contributed by atoms with E-state index < -0.39 is 18.0 Å². The number of halogens is 2. The highest BCUT2D eigenvalue weighted by atomic mass is 35.5. The number of aliphatic hydroxyl groups excluding tert-OH is 1. The van der Waals surface area contributed by atoms with Gasteiger partial charge >= 0.3 is 0 Å². The second-order valence-corrected chi connectivity index (χ2v) is 5.30. The molecular weight excluding hydrogens is 295 g/mol. The molecule has 110 valence electrons. The van der Waals surface area contributed by atoms with Gasteiger partial charge in [0.25, 0.3) is 0 Å². The van der Waals surface area contributed by atoms with Crippen molar-refractivity contribution < 1.29 is 19.0 Å². The topological polar surface area (TPSA) is 38.7 Å². The Morgan fingerprint density at radius 1 is 1.33 bits per heavy atom. The first-order chi connectivity index (χ1) is 10.1. The summed E-state index contributed by atoms with van der Waals surface area (Å²) in [5.41, 5.74) is 0.915. The lowest BCUT2D eigenvalue weighted by molar-refractivity contribution is 0.0638. The summed E-state index contributed by atoms with van der Waals surface area (Å²) >= 11 is 6.06. The molecule has 0 aliphatic carbocycles. The van der Waals surface area contributed by atoms with Crippen LogP contribution in [0.5, 0.6) is 11.5 Å². The van der Waals surface area contributed by atoms with Gasteiger partial charge in [-0.15, -0.1) is 0 Å². The van der Waals surface area contributed by atoms with Crippen LogP contribution in [-0.2, 0) is 0 Å². The fraction of sp³-hybridized carbons (Fsp3) is 0.250. The smallest absolute Gasteiger partial charge is 0.131 e. The van der Waals surface area contributed by atoms with Gasteiger partial charge in [0.05, 0.1) is 18.2 Å². The van der Waals surface area contributed by atoms with E-state index in [4.69, 9.17) is 21.1 Å². The van der Waals surface area contributed by atoms with Crippen LogP contribution in [-0.4, -0.2) is 12.2 Å². The lowest BCUT2D eigenvalue weighted by Crippen LogP contribution is -2.20. The van der Waals surface area contributed by atoms with Crippen molar-refractivity contribution in [2.45, 2.75) is 18.6 Å². The second-order valence-electron chi connectivity index (χ2n) is 4.90. The molecule has 5 heteroatoms. The average Bonchev–Trinajstić information content (AvgIpc) is 2.47. The van der Waals surface area contributed by atoms with Crippen LogP contribution in [0.2, 0.25) is 5.02 Å². The van der Waals surface area contributed by atoms with Crippen molar-refractivity contribution in [1.82, 2.24) is 0 Å². The first-order valence-corrected chi connectivity index (χ1v) is 6.94. The van der Waals surface area contributed by atoms with Crippen LogP contribution >= 0.6 is 11.6 Å². The number of methoxy groups -OCH3 is 1. The lowest BCUT2D eigenvalue weighted by atomic mass is 9.94. The number of benzene rings is 2. The summed E-state index contributed by atoms with van der Waals surface area (Å²) in [7, 11) is 1.56. The molecular formula is C16H14ClFO3. The third-order valence-corrected chi connectivity index (χ3v) is 3.93. The SMILES string of the molecule is COc1ccc2c(c1)[C@H](O)CC(c1c(F)cccc1Cl)O2. The van der Waals surface area contributed by atoms with E-state index in [1.165, 1.54) is 6.07 Å². The minimum Gasteiger partial charge on any atom is -0.497 e. The van der Waals surface area contributed by atoms with Crippen LogP contribution in [0.3, 0.4) is 0 Å². The molecule has 0 aromatic heterocycles. The van der Waals surface area contributed by atoms with Crippen molar-refractivity contribution in [3.8, 4) is 11.5 Å². The zero-order valence-electron chi connectivity index (χ0n) is 11.3. The summed E-state index contributed by atoms with van der Waals surface area (Å²) in [6.07, 6.45) is -1.14. The van der Waals surface area contributed by atoms with Gasteiger partial charge in [-0.2, -0.15) is 0 Å². The fourth-order valence-electron chi connectivity index (χ4n) is 2.55. The molecule has 0 fully saturated rings. The number of hydrogen-bond donors (Lipinski definition) is 1. The third-order valence-electron chi connectivity index (χ3n) is 3.60. The van der Waals surface area contributed by atoms with Gasteiger partial charge in [-0.05, 0) is 30.3 Å². The summed E-state index contributed by atoms with van der Waals surface area (Å²) in [6.45, 7) is 0. The number of fused-ring (bicyclic) bond motifs is 1. The first-order valence-electron chi connectivity index (χ1n) is 6.56. The molecule has 1 unspecified atom stereocenters. The van der Waals surface area contributed by atoms with Crippen LogP contribution in [0.15, 0.2) is 36.4 Å². The Kier molecular flexibility index (Phi) is 3.74. The zero-order chi connectivity index (χ0) is 15.0. The minimum absolute atomic E-state index is 0.237. The summed E-state index contributed by atoms with van der Waals surface area (Å²) < 4.78 is 24.9. The molecule has 0 spiro atoms. The molecule has 1 aliphatic heterocycles. The molecule has 1 heterocycles. The molecule has 0 amide bonds. The van der Waals surface area contributed by atoms with Gasteiger partial charge in [0.15, 0.2) is 0 Å². The fourth-order valence-corrected chi connectivity index (χ4v) is 2.83. The normalized spacial score (nSPS) is 20.6. The monoisotopic (exact) mass is 308 g/mol. The van der Waals surface area contributed by atoms with Gasteiger partial charge in [-0.25, -0.2) is 4.39 Å². The van der Waals surface area contributed by atoms with Crippen LogP contribution in [0.1, 0.15) is 29.8 Å². The van der Waals surface area contributed by atoms with Gasteiger partial charge in [0.2, 0.25) is 0 Å². The van der Waals surface area contributed by atoms with Crippen molar-refractivity contribution >= 4 is 11.6 Å². The van der Waals surface area contributed by atoms with E-state index in [1.807, 2.05) is 0 Å². The molecule has 0 radical (unpaired) electrons. The molecule has 21 heavy (non-hydrogen) atoms. The lowest BCUT2D eigenvalue weighted by Gasteiger charge is -2.30. The molecule has 2 atom stereocenters. The molecule has 0 saturated carbocycles. The Morgan fingerprint density at radius 2 is 2.14 bits per heavy atom. The Hall–Kier alpha value is -1.78. The van der Waals surface area contributed by atoms with Crippen molar-refractivity contribution in [3.63, 3.8) is 0 Å². The Bertz CT molecular complexity index is 654. The second kappa shape index (κ2) is 5.54. The van der Waals surface area contributed by atoms with E-state index in [0.717, 1.165) is 0 Å². The van der Waals surface area contributed by atoms with E-state index in [9.17, 15) is 9.50 Å². The summed E-state index contributed by atoms with van der Waals surface area (Å²) in [5.74, 6) is 0.717. The maximum absolute atomic E-state index is 14.0. The van der Waals surface area contributed by atoms with E-state index in [-0.39, 0.29) is 12.0 Å². The highest BCUT2D eigenvalue weighted by molar-refractivity contribution is 6.31. The highest BCUT2D eigenvalue weighted by Crippen LogP contribution is 2.44. The molecule has 0 saturated heterocycles. The van der Waals surface area contributed by atoms with Gasteiger partial charge < -0.3 is 14.6 Å². The number of aliphatic hydroxyl groups is 1. The molecule has 1 aliphatic rings. The predicted molar refractivity (Wildman–Crippen MR) is 77.3 cm³/mol. The van der Waals surface area contributed by atoms with Crippen molar-refractivity contribution in [3.05, 3.63) is 58.4 Å². The van der Waals surface area contributed by atoms with Crippen LogP contribution in [0.25, 0.3) is 0 Å². The van der Waals surface area contributed by atoms with E-state index in [0.29, 0.717) is 22.1 Å². The number of ether oxygens (including phenoxy) is 2. The summed E-state index contributed by atoms with van der Waals surface area (Å²) in [5, 5.41) is 10.6. The molecule has 3 nitrogen and oxygen atoms in total. The van der Waals surface area contributed by atoms with Gasteiger partial charge in [0, 0.05) is 17.5 Å². The molecule has 1 N–H and O–H groups in total. The average molecular weight is 309 g/mol. The Labute approximate surface area is 126 Å². The van der Waals surface area contributed by atoms with E-state index in [1.54, 1.807) is 37.4 Å².